The summed E-state index contributed by atoms with van der Waals surface area (Å²) in [6, 6.07) is 9.68. The Morgan fingerprint density at radius 1 is 1.22 bits per heavy atom. The van der Waals surface area contributed by atoms with Crippen LogP contribution in [0, 0.1) is 0 Å². The van der Waals surface area contributed by atoms with Gasteiger partial charge in [-0.3, -0.25) is 0 Å². The van der Waals surface area contributed by atoms with Crippen LogP contribution in [0.3, 0.4) is 0 Å². The van der Waals surface area contributed by atoms with Crippen LogP contribution in [-0.4, -0.2) is 28.2 Å². The largest absolute Gasteiger partial charge is 0.485 e. The topological polar surface area (TPSA) is 87.8 Å². The number of rotatable bonds is 11. The van der Waals surface area contributed by atoms with Crippen LogP contribution >= 0.6 is 0 Å². The molecule has 0 fully saturated rings. The molecule has 1 unspecified atom stereocenters. The summed E-state index contributed by atoms with van der Waals surface area (Å²) in [6.07, 6.45) is 6.32. The maximum absolute atomic E-state index is 12.9. The van der Waals surface area contributed by atoms with E-state index in [1.54, 1.807) is 36.4 Å². The maximum atomic E-state index is 12.9. The van der Waals surface area contributed by atoms with Gasteiger partial charge >= 0.3 is 6.61 Å². The van der Waals surface area contributed by atoms with Crippen molar-refractivity contribution >= 4 is 10.0 Å². The third-order valence-electron chi connectivity index (χ3n) is 4.77. The molecule has 2 N–H and O–H groups in total. The van der Waals surface area contributed by atoms with Gasteiger partial charge in [0, 0.05) is 12.0 Å². The minimum Gasteiger partial charge on any atom is -0.485 e. The highest BCUT2D eigenvalue weighted by atomic mass is 32.2. The Hall–Kier alpha value is -2.75. The van der Waals surface area contributed by atoms with Crippen molar-refractivity contribution < 1.29 is 31.4 Å². The van der Waals surface area contributed by atoms with E-state index in [4.69, 9.17) is 19.3 Å². The van der Waals surface area contributed by atoms with Gasteiger partial charge in [-0.05, 0) is 29.7 Å². The third-order valence-corrected chi connectivity index (χ3v) is 5.51. The first kappa shape index (κ1) is 23.9. The van der Waals surface area contributed by atoms with E-state index in [0.29, 0.717) is 47.6 Å². The molecular weight excluding hydrogens is 440 g/mol. The second kappa shape index (κ2) is 10.7. The number of alkyl halides is 2. The maximum Gasteiger partial charge on any atom is 0.387 e. The zero-order chi connectivity index (χ0) is 23.1. The van der Waals surface area contributed by atoms with Crippen molar-refractivity contribution in [2.45, 2.75) is 31.3 Å². The van der Waals surface area contributed by atoms with Crippen molar-refractivity contribution in [2.75, 3.05) is 13.2 Å². The summed E-state index contributed by atoms with van der Waals surface area (Å²) in [5.41, 5.74) is 2.19. The second-order valence-electron chi connectivity index (χ2n) is 7.20. The SMILES string of the molecule is C=CCCOC/C=C/CC1Oc2cccc(OC(F)F)c2-c2ccc(CS(N)(=O)=O)cc21. The summed E-state index contributed by atoms with van der Waals surface area (Å²) in [7, 11) is -3.74. The number of benzene rings is 2. The number of sulfonamides is 1. The number of halogens is 2. The molecular formula is C23H25F2NO5S. The van der Waals surface area contributed by atoms with Gasteiger partial charge in [-0.15, -0.1) is 6.58 Å². The Morgan fingerprint density at radius 3 is 2.75 bits per heavy atom. The second-order valence-corrected chi connectivity index (χ2v) is 8.82. The van der Waals surface area contributed by atoms with Crippen LogP contribution in [0.4, 0.5) is 8.78 Å². The summed E-state index contributed by atoms with van der Waals surface area (Å²) >= 11 is 0. The lowest BCUT2D eigenvalue weighted by Crippen LogP contribution is -2.17. The molecule has 3 rings (SSSR count). The summed E-state index contributed by atoms with van der Waals surface area (Å²) in [6.45, 7) is 1.65. The minimum atomic E-state index is -3.74. The van der Waals surface area contributed by atoms with Crippen LogP contribution in [-0.2, 0) is 20.5 Å². The Bertz CT molecular complexity index is 1090. The quantitative estimate of drug-likeness (QED) is 0.383. The molecule has 0 saturated heterocycles. The monoisotopic (exact) mass is 465 g/mol. The molecule has 2 aromatic rings. The number of nitrogens with two attached hydrogens (primary N) is 1. The van der Waals surface area contributed by atoms with Gasteiger partial charge in [0.15, 0.2) is 0 Å². The van der Waals surface area contributed by atoms with Crippen molar-refractivity contribution in [3.05, 3.63) is 72.3 Å². The molecule has 1 atom stereocenters. The molecule has 0 amide bonds. The predicted molar refractivity (Wildman–Crippen MR) is 118 cm³/mol. The zero-order valence-corrected chi connectivity index (χ0v) is 18.2. The van der Waals surface area contributed by atoms with Crippen molar-refractivity contribution in [2.24, 2.45) is 5.14 Å². The molecule has 0 aromatic heterocycles. The fraction of sp³-hybridized carbons (Fsp3) is 0.304. The Labute approximate surface area is 186 Å². The predicted octanol–water partition coefficient (Wildman–Crippen LogP) is 4.72. The molecule has 1 heterocycles. The van der Waals surface area contributed by atoms with E-state index < -0.39 is 22.7 Å². The third kappa shape index (κ3) is 6.38. The number of hydrogen-bond donors (Lipinski definition) is 1. The normalized spacial score (nSPS) is 15.3. The molecule has 6 nitrogen and oxygen atoms in total. The zero-order valence-electron chi connectivity index (χ0n) is 17.4. The number of ether oxygens (including phenoxy) is 3. The molecule has 2 aromatic carbocycles. The first-order valence-corrected chi connectivity index (χ1v) is 11.7. The molecule has 172 valence electrons. The van der Waals surface area contributed by atoms with E-state index in [2.05, 4.69) is 6.58 Å². The highest BCUT2D eigenvalue weighted by Crippen LogP contribution is 2.48. The van der Waals surface area contributed by atoms with Crippen LogP contribution in [0.2, 0.25) is 0 Å². The van der Waals surface area contributed by atoms with Gasteiger partial charge in [0.05, 0.1) is 24.5 Å². The summed E-state index contributed by atoms with van der Waals surface area (Å²) < 4.78 is 65.2. The van der Waals surface area contributed by atoms with Gasteiger partial charge in [0.1, 0.15) is 17.6 Å². The lowest BCUT2D eigenvalue weighted by molar-refractivity contribution is -0.0496. The fourth-order valence-electron chi connectivity index (χ4n) is 3.49. The molecule has 1 aliphatic heterocycles. The van der Waals surface area contributed by atoms with Gasteiger partial charge in [-0.25, -0.2) is 13.6 Å². The van der Waals surface area contributed by atoms with Crippen LogP contribution in [0.5, 0.6) is 11.5 Å². The molecule has 0 saturated carbocycles. The van der Waals surface area contributed by atoms with Gasteiger partial charge in [0.25, 0.3) is 0 Å². The average Bonchev–Trinajstić information content (AvgIpc) is 2.71. The van der Waals surface area contributed by atoms with E-state index in [0.717, 1.165) is 6.42 Å². The van der Waals surface area contributed by atoms with Crippen molar-refractivity contribution in [3.63, 3.8) is 0 Å². The smallest absolute Gasteiger partial charge is 0.387 e. The molecule has 0 aliphatic carbocycles. The Balaban J connectivity index is 1.92. The van der Waals surface area contributed by atoms with Crippen molar-refractivity contribution in [1.82, 2.24) is 0 Å². The van der Waals surface area contributed by atoms with Crippen molar-refractivity contribution in [3.8, 4) is 22.6 Å². The van der Waals surface area contributed by atoms with Gasteiger partial charge in [-0.2, -0.15) is 8.78 Å². The van der Waals surface area contributed by atoms with E-state index in [1.807, 2.05) is 12.2 Å². The van der Waals surface area contributed by atoms with Crippen LogP contribution < -0.4 is 14.6 Å². The standard InChI is InChI=1S/C23H25F2NO5S/c1-2-3-12-29-13-5-4-7-19-18-14-16(15-32(26,27)28)10-11-17(18)22-20(30-19)8-6-9-21(22)31-23(24)25/h2,4-6,8-11,14,19,23H,1,3,7,12-13,15H2,(H2,26,27,28)/b5-4+. The Kier molecular flexibility index (Phi) is 8.00. The van der Waals surface area contributed by atoms with Crippen LogP contribution in [0.15, 0.2) is 61.2 Å². The minimum absolute atomic E-state index is 0.0115. The average molecular weight is 466 g/mol. The van der Waals surface area contributed by atoms with Gasteiger partial charge in [-0.1, -0.05) is 42.5 Å². The first-order valence-electron chi connectivity index (χ1n) is 10.0. The number of primary sulfonamides is 1. The fourth-order valence-corrected chi connectivity index (χ4v) is 4.14. The molecule has 9 heteroatoms. The lowest BCUT2D eigenvalue weighted by atomic mass is 9.89. The van der Waals surface area contributed by atoms with Crippen LogP contribution in [0.1, 0.15) is 30.1 Å². The van der Waals surface area contributed by atoms with Crippen molar-refractivity contribution in [1.29, 1.82) is 0 Å². The lowest BCUT2D eigenvalue weighted by Gasteiger charge is -2.30. The molecule has 0 bridgehead atoms. The number of fused-ring (bicyclic) bond motifs is 3. The highest BCUT2D eigenvalue weighted by molar-refractivity contribution is 7.88. The van der Waals surface area contributed by atoms with Gasteiger partial charge in [0.2, 0.25) is 10.0 Å². The summed E-state index contributed by atoms with van der Waals surface area (Å²) in [5, 5.41) is 5.19. The van der Waals surface area contributed by atoms with E-state index in [-0.39, 0.29) is 11.5 Å². The van der Waals surface area contributed by atoms with Gasteiger partial charge < -0.3 is 14.2 Å². The van der Waals surface area contributed by atoms with Crippen LogP contribution in [0.25, 0.3) is 11.1 Å². The highest BCUT2D eigenvalue weighted by Gasteiger charge is 2.29. The molecule has 0 spiro atoms. The summed E-state index contributed by atoms with van der Waals surface area (Å²) in [5.74, 6) is 0.0557. The van der Waals surface area contributed by atoms with E-state index >= 15 is 0 Å². The first-order chi connectivity index (χ1) is 15.3. The molecule has 32 heavy (non-hydrogen) atoms. The number of hydrogen-bond acceptors (Lipinski definition) is 5. The Morgan fingerprint density at radius 2 is 2.03 bits per heavy atom. The molecule has 1 aliphatic rings. The van der Waals surface area contributed by atoms with E-state index in [9.17, 15) is 17.2 Å². The molecule has 0 radical (unpaired) electrons. The van der Waals surface area contributed by atoms with E-state index in [1.165, 1.54) is 6.07 Å². The summed E-state index contributed by atoms with van der Waals surface area (Å²) in [4.78, 5) is 0.